The van der Waals surface area contributed by atoms with Crippen molar-refractivity contribution >= 4 is 11.7 Å². The number of ketones is 1. The van der Waals surface area contributed by atoms with Crippen molar-refractivity contribution in [2.45, 2.75) is 26.3 Å². The molecule has 1 unspecified atom stereocenters. The van der Waals surface area contributed by atoms with Crippen LogP contribution in [-0.4, -0.2) is 34.3 Å². The van der Waals surface area contributed by atoms with Gasteiger partial charge in [-0.05, 0) is 13.3 Å². The minimum atomic E-state index is -0.359. The fourth-order valence-corrected chi connectivity index (χ4v) is 1.29. The first kappa shape index (κ1) is 9.77. The van der Waals surface area contributed by atoms with Crippen molar-refractivity contribution in [1.82, 2.24) is 4.90 Å². The molecule has 1 heterocycles. The Bertz CT molecular complexity index is 270. The van der Waals surface area contributed by atoms with Crippen LogP contribution in [0.2, 0.25) is 0 Å². The monoisotopic (exact) mass is 183 g/mol. The van der Waals surface area contributed by atoms with Crippen LogP contribution in [0.15, 0.2) is 11.8 Å². The molecule has 1 rings (SSSR count). The third-order valence-corrected chi connectivity index (χ3v) is 2.36. The van der Waals surface area contributed by atoms with Gasteiger partial charge in [0.15, 0.2) is 5.78 Å². The molecule has 1 saturated heterocycles. The maximum absolute atomic E-state index is 11.4. The van der Waals surface area contributed by atoms with Crippen LogP contribution in [0.25, 0.3) is 0 Å². The van der Waals surface area contributed by atoms with Gasteiger partial charge in [0, 0.05) is 6.04 Å². The lowest BCUT2D eigenvalue weighted by molar-refractivity contribution is -0.126. The van der Waals surface area contributed by atoms with Crippen LogP contribution < -0.4 is 0 Å². The second-order valence-corrected chi connectivity index (χ2v) is 3.16. The summed E-state index contributed by atoms with van der Waals surface area (Å²) in [6.45, 7) is 3.93. The Balaban J connectivity index is 2.85. The van der Waals surface area contributed by atoms with E-state index in [4.69, 9.17) is 5.11 Å². The number of amides is 1. The van der Waals surface area contributed by atoms with E-state index in [-0.39, 0.29) is 29.9 Å². The number of nitrogens with zero attached hydrogens (tertiary/aromatic N) is 1. The Morgan fingerprint density at radius 3 is 2.62 bits per heavy atom. The van der Waals surface area contributed by atoms with Gasteiger partial charge >= 0.3 is 0 Å². The van der Waals surface area contributed by atoms with Crippen molar-refractivity contribution in [1.29, 1.82) is 0 Å². The van der Waals surface area contributed by atoms with Crippen LogP contribution in [0.4, 0.5) is 0 Å². The van der Waals surface area contributed by atoms with E-state index >= 15 is 0 Å². The molecular weight excluding hydrogens is 170 g/mol. The van der Waals surface area contributed by atoms with Crippen LogP contribution in [0.5, 0.6) is 0 Å². The smallest absolute Gasteiger partial charge is 0.261 e. The summed E-state index contributed by atoms with van der Waals surface area (Å²) in [6, 6.07) is 0.0499. The molecule has 1 amide bonds. The Morgan fingerprint density at radius 1 is 1.62 bits per heavy atom. The molecule has 72 valence electrons. The summed E-state index contributed by atoms with van der Waals surface area (Å²) in [5.74, 6) is -0.658. The molecule has 1 N–H and O–H groups in total. The van der Waals surface area contributed by atoms with Crippen LogP contribution in [-0.2, 0) is 9.59 Å². The molecule has 0 aromatic heterocycles. The van der Waals surface area contributed by atoms with Gasteiger partial charge in [0.1, 0.15) is 5.57 Å². The molecule has 1 atom stereocenters. The number of hydrogen-bond acceptors (Lipinski definition) is 3. The highest BCUT2D eigenvalue weighted by Gasteiger charge is 2.35. The molecule has 4 heteroatoms. The molecule has 0 radical (unpaired) electrons. The van der Waals surface area contributed by atoms with Crippen molar-refractivity contribution in [3.8, 4) is 0 Å². The van der Waals surface area contributed by atoms with Gasteiger partial charge in [0.2, 0.25) is 0 Å². The largest absolute Gasteiger partial charge is 0.515 e. The Kier molecular flexibility index (Phi) is 2.70. The molecule has 1 aliphatic rings. The first-order chi connectivity index (χ1) is 6.11. The molecule has 0 aromatic carbocycles. The zero-order valence-electron chi connectivity index (χ0n) is 7.78. The van der Waals surface area contributed by atoms with Crippen molar-refractivity contribution in [2.75, 3.05) is 6.54 Å². The molecular formula is C9H13NO3. The van der Waals surface area contributed by atoms with Crippen LogP contribution in [0.1, 0.15) is 20.3 Å². The maximum Gasteiger partial charge on any atom is 0.261 e. The maximum atomic E-state index is 11.4. The van der Waals surface area contributed by atoms with Gasteiger partial charge in [-0.25, -0.2) is 0 Å². The molecule has 0 aromatic rings. The lowest BCUT2D eigenvalue weighted by atomic mass is 10.2. The van der Waals surface area contributed by atoms with Gasteiger partial charge in [-0.3, -0.25) is 9.59 Å². The van der Waals surface area contributed by atoms with Crippen molar-refractivity contribution in [2.24, 2.45) is 0 Å². The van der Waals surface area contributed by atoms with Crippen molar-refractivity contribution in [3.05, 3.63) is 11.8 Å². The normalized spacial score (nSPS) is 22.9. The quantitative estimate of drug-likeness (QED) is 0.388. The van der Waals surface area contributed by atoms with E-state index in [1.807, 2.05) is 13.8 Å². The molecule has 1 fully saturated rings. The highest BCUT2D eigenvalue weighted by Crippen LogP contribution is 2.17. The first-order valence-corrected chi connectivity index (χ1v) is 4.30. The Labute approximate surface area is 76.8 Å². The molecule has 0 saturated carbocycles. The molecule has 4 nitrogen and oxygen atoms in total. The summed E-state index contributed by atoms with van der Waals surface area (Å²) < 4.78 is 0. The third-order valence-electron chi connectivity index (χ3n) is 2.36. The highest BCUT2D eigenvalue weighted by atomic mass is 16.2. The summed E-state index contributed by atoms with van der Waals surface area (Å²) in [7, 11) is 0. The topological polar surface area (TPSA) is 57.6 Å². The molecule has 1 aliphatic heterocycles. The van der Waals surface area contributed by atoms with Gasteiger partial charge in [-0.1, -0.05) is 6.92 Å². The number of likely N-dealkylation sites (tertiary alicyclic amines) is 1. The van der Waals surface area contributed by atoms with E-state index < -0.39 is 0 Å². The standard InChI is InChI=1S/C9H13NO3/c1-3-6(2)10-4-8(12)7(5-11)9(10)13/h5-6,11H,3-4H2,1-2H3/b7-5-. The third kappa shape index (κ3) is 1.56. The minimum absolute atomic E-state index is 0.0499. The average Bonchev–Trinajstić information content (AvgIpc) is 2.40. The predicted octanol–water partition coefficient (Wildman–Crippen LogP) is 0.638. The number of aliphatic hydroxyl groups excluding tert-OH is 1. The van der Waals surface area contributed by atoms with E-state index in [2.05, 4.69) is 0 Å². The number of aliphatic hydroxyl groups is 1. The van der Waals surface area contributed by atoms with Gasteiger partial charge in [0.05, 0.1) is 12.8 Å². The molecule has 0 bridgehead atoms. The number of carbonyl (C=O) groups is 2. The van der Waals surface area contributed by atoms with Gasteiger partial charge in [-0.2, -0.15) is 0 Å². The number of hydrogen-bond donors (Lipinski definition) is 1. The van der Waals surface area contributed by atoms with Gasteiger partial charge in [-0.15, -0.1) is 0 Å². The summed E-state index contributed by atoms with van der Waals surface area (Å²) in [5.41, 5.74) is -0.0969. The van der Waals surface area contributed by atoms with Crippen molar-refractivity contribution < 1.29 is 14.7 Å². The number of Topliss-reactive ketones (excluding diaryl/α,β-unsaturated/α-hetero) is 1. The number of carbonyl (C=O) groups excluding carboxylic acids is 2. The van der Waals surface area contributed by atoms with E-state index in [1.54, 1.807) is 0 Å². The van der Waals surface area contributed by atoms with Crippen molar-refractivity contribution in [3.63, 3.8) is 0 Å². The summed E-state index contributed by atoms with van der Waals surface area (Å²) >= 11 is 0. The van der Waals surface area contributed by atoms with Crippen LogP contribution in [0, 0.1) is 0 Å². The van der Waals surface area contributed by atoms with E-state index in [1.165, 1.54) is 4.90 Å². The second kappa shape index (κ2) is 3.60. The predicted molar refractivity (Wildman–Crippen MR) is 47.2 cm³/mol. The summed E-state index contributed by atoms with van der Waals surface area (Å²) in [4.78, 5) is 24.1. The minimum Gasteiger partial charge on any atom is -0.515 e. The fraction of sp³-hybridized carbons (Fsp3) is 0.556. The molecule has 0 aliphatic carbocycles. The van der Waals surface area contributed by atoms with Crippen LogP contribution in [0.3, 0.4) is 0 Å². The Hall–Kier alpha value is -1.32. The van der Waals surface area contributed by atoms with Gasteiger partial charge in [0.25, 0.3) is 5.91 Å². The zero-order chi connectivity index (χ0) is 10.0. The molecule has 13 heavy (non-hydrogen) atoms. The highest BCUT2D eigenvalue weighted by molar-refractivity contribution is 6.24. The average molecular weight is 183 g/mol. The SMILES string of the molecule is CCC(C)N1CC(=O)/C(=C/O)C1=O. The lowest BCUT2D eigenvalue weighted by Crippen LogP contribution is -2.34. The molecule has 0 spiro atoms. The van der Waals surface area contributed by atoms with Gasteiger partial charge < -0.3 is 10.0 Å². The Morgan fingerprint density at radius 2 is 2.23 bits per heavy atom. The number of rotatable bonds is 2. The van der Waals surface area contributed by atoms with Crippen LogP contribution >= 0.6 is 0 Å². The first-order valence-electron chi connectivity index (χ1n) is 4.30. The lowest BCUT2D eigenvalue weighted by Gasteiger charge is -2.21. The van der Waals surface area contributed by atoms with E-state index in [0.717, 1.165) is 6.42 Å². The zero-order valence-corrected chi connectivity index (χ0v) is 7.78. The fourth-order valence-electron chi connectivity index (χ4n) is 1.29. The summed E-state index contributed by atoms with van der Waals surface area (Å²) in [6.07, 6.45) is 1.41. The van der Waals surface area contributed by atoms with E-state index in [0.29, 0.717) is 6.26 Å². The second-order valence-electron chi connectivity index (χ2n) is 3.16. The summed E-state index contributed by atoms with van der Waals surface area (Å²) in [5, 5.41) is 8.65. The van der Waals surface area contributed by atoms with E-state index in [9.17, 15) is 9.59 Å².